The molecule has 17 heavy (non-hydrogen) atoms. The van der Waals surface area contributed by atoms with Crippen LogP contribution in [0.1, 0.15) is 40.7 Å². The smallest absolute Gasteiger partial charge is 0.163 e. The molecule has 0 heterocycles. The summed E-state index contributed by atoms with van der Waals surface area (Å²) in [5.74, 6) is 0.325. The van der Waals surface area contributed by atoms with Crippen LogP contribution in [0.4, 0.5) is 0 Å². The summed E-state index contributed by atoms with van der Waals surface area (Å²) < 4.78 is 0. The Balaban J connectivity index is 2.38. The minimum absolute atomic E-state index is 0.325. The number of carbonyl (C=O) groups excluding carboxylic acids is 1. The van der Waals surface area contributed by atoms with Gasteiger partial charge in [0, 0.05) is 12.0 Å². The number of aryl methyl sites for hydroxylation is 2. The van der Waals surface area contributed by atoms with Gasteiger partial charge in [-0.05, 0) is 54.2 Å². The van der Waals surface area contributed by atoms with Crippen LogP contribution >= 0.6 is 0 Å². The first-order valence-electron chi connectivity index (χ1n) is 6.32. The Hall–Kier alpha value is -1.63. The molecule has 1 heteroatoms. The fourth-order valence-electron chi connectivity index (χ4n) is 2.86. The van der Waals surface area contributed by atoms with Gasteiger partial charge in [-0.1, -0.05) is 24.3 Å². The molecule has 0 N–H and O–H groups in total. The zero-order chi connectivity index (χ0) is 11.8. The van der Waals surface area contributed by atoms with E-state index in [9.17, 15) is 4.79 Å². The molecule has 0 bridgehead atoms. The molecule has 0 aromatic heterocycles. The van der Waals surface area contributed by atoms with Crippen LogP contribution in [0.5, 0.6) is 0 Å². The third-order valence-corrected chi connectivity index (χ3v) is 3.74. The van der Waals surface area contributed by atoms with Crippen LogP contribution in [0.3, 0.4) is 0 Å². The van der Waals surface area contributed by atoms with Crippen molar-refractivity contribution in [1.29, 1.82) is 0 Å². The monoisotopic (exact) mass is 224 g/mol. The zero-order valence-electron chi connectivity index (χ0n) is 10.1. The van der Waals surface area contributed by atoms with E-state index < -0.39 is 0 Å². The number of benzene rings is 2. The largest absolute Gasteiger partial charge is 0.294 e. The summed E-state index contributed by atoms with van der Waals surface area (Å²) in [5, 5.41) is 2.57. The molecule has 1 nitrogen and oxygen atoms in total. The average molecular weight is 224 g/mol. The highest BCUT2D eigenvalue weighted by Gasteiger charge is 2.18. The lowest BCUT2D eigenvalue weighted by molar-refractivity contribution is 0.0982. The lowest BCUT2D eigenvalue weighted by atomic mass is 9.92. The van der Waals surface area contributed by atoms with Crippen molar-refractivity contribution >= 4 is 16.6 Å². The second-order valence-electron chi connectivity index (χ2n) is 4.90. The SMILES string of the molecule is Cc1cc2c(c3ccccc13)CCCCC2=O. The predicted octanol–water partition coefficient (Wildman–Crippen LogP) is 4.06. The molecule has 86 valence electrons. The van der Waals surface area contributed by atoms with Gasteiger partial charge in [0.15, 0.2) is 5.78 Å². The van der Waals surface area contributed by atoms with Gasteiger partial charge in [-0.2, -0.15) is 0 Å². The van der Waals surface area contributed by atoms with Crippen LogP contribution in [-0.2, 0) is 6.42 Å². The molecule has 2 aromatic rings. The van der Waals surface area contributed by atoms with E-state index in [0.717, 1.165) is 24.8 Å². The fourth-order valence-corrected chi connectivity index (χ4v) is 2.86. The Kier molecular flexibility index (Phi) is 2.47. The highest BCUT2D eigenvalue weighted by Crippen LogP contribution is 2.30. The third kappa shape index (κ3) is 1.66. The molecule has 0 radical (unpaired) electrons. The van der Waals surface area contributed by atoms with E-state index in [1.54, 1.807) is 0 Å². The zero-order valence-corrected chi connectivity index (χ0v) is 10.1. The van der Waals surface area contributed by atoms with Crippen LogP contribution in [0, 0.1) is 6.92 Å². The van der Waals surface area contributed by atoms with Gasteiger partial charge in [-0.15, -0.1) is 0 Å². The molecule has 2 aromatic carbocycles. The van der Waals surface area contributed by atoms with Crippen molar-refractivity contribution in [3.05, 3.63) is 47.0 Å². The summed E-state index contributed by atoms with van der Waals surface area (Å²) in [5.41, 5.74) is 3.46. The fraction of sp³-hybridized carbons (Fsp3) is 0.312. The molecule has 0 saturated heterocycles. The second kappa shape index (κ2) is 3.99. The first-order chi connectivity index (χ1) is 8.27. The molecule has 0 saturated carbocycles. The molecule has 1 aliphatic carbocycles. The summed E-state index contributed by atoms with van der Waals surface area (Å²) >= 11 is 0. The number of hydrogen-bond donors (Lipinski definition) is 0. The molecule has 1 aliphatic rings. The van der Waals surface area contributed by atoms with E-state index in [-0.39, 0.29) is 0 Å². The maximum Gasteiger partial charge on any atom is 0.163 e. The highest BCUT2D eigenvalue weighted by molar-refractivity contribution is 6.04. The molecule has 3 rings (SSSR count). The third-order valence-electron chi connectivity index (χ3n) is 3.74. The van der Waals surface area contributed by atoms with Gasteiger partial charge in [-0.3, -0.25) is 4.79 Å². The van der Waals surface area contributed by atoms with Crippen molar-refractivity contribution in [3.63, 3.8) is 0 Å². The molecular formula is C16H16O. The van der Waals surface area contributed by atoms with Gasteiger partial charge in [-0.25, -0.2) is 0 Å². The maximum atomic E-state index is 12.1. The lowest BCUT2D eigenvalue weighted by Gasteiger charge is -2.11. The number of fused-ring (bicyclic) bond motifs is 3. The van der Waals surface area contributed by atoms with Crippen LogP contribution in [0.25, 0.3) is 10.8 Å². The predicted molar refractivity (Wildman–Crippen MR) is 70.6 cm³/mol. The average Bonchev–Trinajstić information content (AvgIpc) is 2.53. The van der Waals surface area contributed by atoms with Gasteiger partial charge >= 0.3 is 0 Å². The van der Waals surface area contributed by atoms with E-state index in [1.807, 2.05) is 0 Å². The number of rotatable bonds is 0. The van der Waals surface area contributed by atoms with E-state index in [2.05, 4.69) is 37.3 Å². The number of ketones is 1. The summed E-state index contributed by atoms with van der Waals surface area (Å²) in [4.78, 5) is 12.1. The molecule has 0 amide bonds. The first-order valence-corrected chi connectivity index (χ1v) is 6.32. The highest BCUT2D eigenvalue weighted by atomic mass is 16.1. The summed E-state index contributed by atoms with van der Waals surface area (Å²) in [6.07, 6.45) is 3.92. The van der Waals surface area contributed by atoms with Gasteiger partial charge in [0.1, 0.15) is 0 Å². The molecule has 0 aliphatic heterocycles. The topological polar surface area (TPSA) is 17.1 Å². The first kappa shape index (κ1) is 10.5. The molecule has 0 unspecified atom stereocenters. The van der Waals surface area contributed by atoms with E-state index in [4.69, 9.17) is 0 Å². The Morgan fingerprint density at radius 2 is 1.71 bits per heavy atom. The maximum absolute atomic E-state index is 12.1. The summed E-state index contributed by atoms with van der Waals surface area (Å²) in [6, 6.07) is 10.5. The van der Waals surface area contributed by atoms with Gasteiger partial charge in [0.05, 0.1) is 0 Å². The molecule has 0 spiro atoms. The summed E-state index contributed by atoms with van der Waals surface area (Å²) in [7, 11) is 0. The van der Waals surface area contributed by atoms with Crippen molar-refractivity contribution in [2.24, 2.45) is 0 Å². The Morgan fingerprint density at radius 3 is 2.53 bits per heavy atom. The van der Waals surface area contributed by atoms with Crippen molar-refractivity contribution < 1.29 is 4.79 Å². The van der Waals surface area contributed by atoms with E-state index in [1.165, 1.54) is 21.9 Å². The summed E-state index contributed by atoms with van der Waals surface area (Å²) in [6.45, 7) is 2.10. The molecule has 0 fully saturated rings. The van der Waals surface area contributed by atoms with Crippen LogP contribution < -0.4 is 0 Å². The number of hydrogen-bond acceptors (Lipinski definition) is 1. The number of carbonyl (C=O) groups is 1. The Labute approximate surface area is 101 Å². The Morgan fingerprint density at radius 1 is 1.00 bits per heavy atom. The van der Waals surface area contributed by atoms with Gasteiger partial charge in [0.2, 0.25) is 0 Å². The van der Waals surface area contributed by atoms with E-state index >= 15 is 0 Å². The van der Waals surface area contributed by atoms with Crippen LogP contribution in [0.2, 0.25) is 0 Å². The van der Waals surface area contributed by atoms with Crippen molar-refractivity contribution in [2.45, 2.75) is 32.6 Å². The lowest BCUT2D eigenvalue weighted by Crippen LogP contribution is -2.02. The number of Topliss-reactive ketones (excluding diaryl/α,β-unsaturated/α-hetero) is 1. The van der Waals surface area contributed by atoms with Gasteiger partial charge < -0.3 is 0 Å². The van der Waals surface area contributed by atoms with Crippen molar-refractivity contribution in [1.82, 2.24) is 0 Å². The minimum Gasteiger partial charge on any atom is -0.294 e. The van der Waals surface area contributed by atoms with E-state index in [0.29, 0.717) is 12.2 Å². The quantitative estimate of drug-likeness (QED) is 0.617. The van der Waals surface area contributed by atoms with Crippen LogP contribution in [0.15, 0.2) is 30.3 Å². The van der Waals surface area contributed by atoms with Gasteiger partial charge in [0.25, 0.3) is 0 Å². The van der Waals surface area contributed by atoms with Crippen molar-refractivity contribution in [2.75, 3.05) is 0 Å². The molecule has 0 atom stereocenters. The normalized spacial score (nSPS) is 15.7. The standard InChI is InChI=1S/C16H16O/c1-11-10-15-14(8-4-5-9-16(15)17)13-7-3-2-6-12(11)13/h2-3,6-7,10H,4-5,8-9H2,1H3. The molecular weight excluding hydrogens is 208 g/mol. The Bertz CT molecular complexity index is 596. The second-order valence-corrected chi connectivity index (χ2v) is 4.90. The van der Waals surface area contributed by atoms with Crippen molar-refractivity contribution in [3.8, 4) is 0 Å². The minimum atomic E-state index is 0.325. The van der Waals surface area contributed by atoms with Crippen LogP contribution in [-0.4, -0.2) is 5.78 Å².